The second-order valence-electron chi connectivity index (χ2n) is 5.37. The molecule has 2 aromatic carbocycles. The van der Waals surface area contributed by atoms with Gasteiger partial charge in [0.2, 0.25) is 0 Å². The third kappa shape index (κ3) is 2.31. The zero-order valence-corrected chi connectivity index (χ0v) is 12.1. The predicted molar refractivity (Wildman–Crippen MR) is 83.9 cm³/mol. The molecule has 21 heavy (non-hydrogen) atoms. The molecule has 0 amide bonds. The standard InChI is InChI=1S/C18H17NO2/c1-12-8-9-16-15(10-12)13(2)17(18(20)21)19(16)11-14-6-4-3-5-7-14/h3-10H,11H2,1-2H3,(H,20,21). The molecule has 0 unspecified atom stereocenters. The highest BCUT2D eigenvalue weighted by atomic mass is 16.4. The Bertz CT molecular complexity index is 816. The van der Waals surface area contributed by atoms with Crippen LogP contribution in [0, 0.1) is 13.8 Å². The molecule has 1 N–H and O–H groups in total. The summed E-state index contributed by atoms with van der Waals surface area (Å²) in [6, 6.07) is 16.0. The van der Waals surface area contributed by atoms with Crippen LogP contribution in [0.2, 0.25) is 0 Å². The topological polar surface area (TPSA) is 42.2 Å². The van der Waals surface area contributed by atoms with E-state index in [1.165, 1.54) is 0 Å². The van der Waals surface area contributed by atoms with E-state index in [9.17, 15) is 9.90 Å². The lowest BCUT2D eigenvalue weighted by molar-refractivity contribution is 0.0685. The van der Waals surface area contributed by atoms with Gasteiger partial charge in [0.25, 0.3) is 0 Å². The molecule has 0 saturated heterocycles. The highest BCUT2D eigenvalue weighted by Crippen LogP contribution is 2.27. The summed E-state index contributed by atoms with van der Waals surface area (Å²) in [5.74, 6) is -0.878. The van der Waals surface area contributed by atoms with E-state index in [0.717, 1.165) is 27.6 Å². The van der Waals surface area contributed by atoms with Gasteiger partial charge in [-0.3, -0.25) is 0 Å². The van der Waals surface area contributed by atoms with Crippen LogP contribution in [0.15, 0.2) is 48.5 Å². The minimum absolute atomic E-state index is 0.374. The first-order valence-corrected chi connectivity index (χ1v) is 6.94. The van der Waals surface area contributed by atoms with Crippen molar-refractivity contribution in [3.05, 3.63) is 70.9 Å². The average Bonchev–Trinajstić information content (AvgIpc) is 2.72. The highest BCUT2D eigenvalue weighted by Gasteiger charge is 2.19. The second-order valence-corrected chi connectivity index (χ2v) is 5.37. The van der Waals surface area contributed by atoms with Gasteiger partial charge in [-0.05, 0) is 37.1 Å². The number of hydrogen-bond acceptors (Lipinski definition) is 1. The van der Waals surface area contributed by atoms with Crippen LogP contribution in [0.4, 0.5) is 0 Å². The first-order valence-electron chi connectivity index (χ1n) is 6.94. The Hall–Kier alpha value is -2.55. The largest absolute Gasteiger partial charge is 0.477 e. The van der Waals surface area contributed by atoms with E-state index in [1.54, 1.807) is 0 Å². The van der Waals surface area contributed by atoms with Gasteiger partial charge in [0.1, 0.15) is 5.69 Å². The van der Waals surface area contributed by atoms with Crippen LogP contribution < -0.4 is 0 Å². The number of aromatic nitrogens is 1. The van der Waals surface area contributed by atoms with Crippen LogP contribution >= 0.6 is 0 Å². The lowest BCUT2D eigenvalue weighted by Crippen LogP contribution is -2.10. The van der Waals surface area contributed by atoms with E-state index in [2.05, 4.69) is 6.07 Å². The monoisotopic (exact) mass is 279 g/mol. The molecule has 106 valence electrons. The molecule has 3 rings (SSSR count). The minimum atomic E-state index is -0.878. The molecule has 0 atom stereocenters. The SMILES string of the molecule is Cc1ccc2c(c1)c(C)c(C(=O)O)n2Cc1ccccc1. The zero-order valence-electron chi connectivity index (χ0n) is 12.1. The van der Waals surface area contributed by atoms with Crippen LogP contribution in [-0.2, 0) is 6.54 Å². The maximum Gasteiger partial charge on any atom is 0.352 e. The normalized spacial score (nSPS) is 11.0. The quantitative estimate of drug-likeness (QED) is 0.787. The molecule has 0 aliphatic carbocycles. The van der Waals surface area contributed by atoms with E-state index < -0.39 is 5.97 Å². The molecule has 0 spiro atoms. The number of hydrogen-bond donors (Lipinski definition) is 1. The molecular weight excluding hydrogens is 262 g/mol. The third-order valence-electron chi connectivity index (χ3n) is 3.86. The molecule has 0 bridgehead atoms. The number of nitrogens with zero attached hydrogens (tertiary/aromatic N) is 1. The van der Waals surface area contributed by atoms with E-state index in [0.29, 0.717) is 12.2 Å². The Labute approximate surface area is 123 Å². The van der Waals surface area contributed by atoms with Crippen LogP contribution in [0.25, 0.3) is 10.9 Å². The van der Waals surface area contributed by atoms with Gasteiger partial charge in [0.15, 0.2) is 0 Å². The van der Waals surface area contributed by atoms with Crippen molar-refractivity contribution in [1.82, 2.24) is 4.57 Å². The number of carboxylic acids is 1. The van der Waals surface area contributed by atoms with Crippen molar-refractivity contribution in [2.24, 2.45) is 0 Å². The smallest absolute Gasteiger partial charge is 0.352 e. The molecule has 0 saturated carbocycles. The van der Waals surface area contributed by atoms with Gasteiger partial charge in [-0.15, -0.1) is 0 Å². The fraction of sp³-hybridized carbons (Fsp3) is 0.167. The third-order valence-corrected chi connectivity index (χ3v) is 3.86. The van der Waals surface area contributed by atoms with E-state index >= 15 is 0 Å². The molecule has 3 nitrogen and oxygen atoms in total. The Morgan fingerprint density at radius 1 is 1.10 bits per heavy atom. The molecule has 0 aliphatic rings. The molecule has 0 radical (unpaired) electrons. The summed E-state index contributed by atoms with van der Waals surface area (Å²) in [5, 5.41) is 10.6. The van der Waals surface area contributed by atoms with Gasteiger partial charge in [0, 0.05) is 17.4 Å². The van der Waals surface area contributed by atoms with Crippen molar-refractivity contribution in [3.8, 4) is 0 Å². The van der Waals surface area contributed by atoms with Crippen molar-refractivity contribution in [2.75, 3.05) is 0 Å². The van der Waals surface area contributed by atoms with E-state index in [-0.39, 0.29) is 0 Å². The summed E-state index contributed by atoms with van der Waals surface area (Å²) in [7, 11) is 0. The first kappa shape index (κ1) is 13.4. The molecule has 3 heteroatoms. The average molecular weight is 279 g/mol. The van der Waals surface area contributed by atoms with Crippen LogP contribution in [0.3, 0.4) is 0 Å². The fourth-order valence-electron chi connectivity index (χ4n) is 2.84. The Balaban J connectivity index is 2.24. The maximum atomic E-state index is 11.7. The molecule has 1 heterocycles. The van der Waals surface area contributed by atoms with Crippen molar-refractivity contribution in [2.45, 2.75) is 20.4 Å². The molecule has 0 aliphatic heterocycles. The van der Waals surface area contributed by atoms with E-state index in [4.69, 9.17) is 0 Å². The number of carbonyl (C=O) groups is 1. The Morgan fingerprint density at radius 3 is 2.48 bits per heavy atom. The number of aryl methyl sites for hydroxylation is 2. The number of aromatic carboxylic acids is 1. The van der Waals surface area contributed by atoms with Crippen molar-refractivity contribution < 1.29 is 9.90 Å². The second kappa shape index (κ2) is 5.09. The van der Waals surface area contributed by atoms with Gasteiger partial charge in [-0.25, -0.2) is 4.79 Å². The fourth-order valence-corrected chi connectivity index (χ4v) is 2.84. The summed E-state index contributed by atoms with van der Waals surface area (Å²) in [4.78, 5) is 11.7. The summed E-state index contributed by atoms with van der Waals surface area (Å²) in [5.41, 5.74) is 4.41. The Morgan fingerprint density at radius 2 is 1.81 bits per heavy atom. The highest BCUT2D eigenvalue weighted by molar-refractivity contribution is 5.98. The zero-order chi connectivity index (χ0) is 15.0. The lowest BCUT2D eigenvalue weighted by atomic mass is 10.1. The molecule has 1 aromatic heterocycles. The van der Waals surface area contributed by atoms with E-state index in [1.807, 2.05) is 60.9 Å². The van der Waals surface area contributed by atoms with Crippen LogP contribution in [0.1, 0.15) is 27.2 Å². The van der Waals surface area contributed by atoms with Gasteiger partial charge in [-0.2, -0.15) is 0 Å². The predicted octanol–water partition coefficient (Wildman–Crippen LogP) is 4.00. The number of rotatable bonds is 3. The van der Waals surface area contributed by atoms with Gasteiger partial charge in [0.05, 0.1) is 0 Å². The van der Waals surface area contributed by atoms with Gasteiger partial charge >= 0.3 is 5.97 Å². The summed E-state index contributed by atoms with van der Waals surface area (Å²) in [6.45, 7) is 4.47. The van der Waals surface area contributed by atoms with Crippen molar-refractivity contribution in [3.63, 3.8) is 0 Å². The number of benzene rings is 2. The summed E-state index contributed by atoms with van der Waals surface area (Å²) < 4.78 is 1.89. The Kier molecular flexibility index (Phi) is 3.26. The van der Waals surface area contributed by atoms with Crippen LogP contribution in [0.5, 0.6) is 0 Å². The molecule has 0 fully saturated rings. The molecule has 3 aromatic rings. The minimum Gasteiger partial charge on any atom is -0.477 e. The van der Waals surface area contributed by atoms with Gasteiger partial charge < -0.3 is 9.67 Å². The number of fused-ring (bicyclic) bond motifs is 1. The van der Waals surface area contributed by atoms with Crippen molar-refractivity contribution in [1.29, 1.82) is 0 Å². The molecular formula is C18H17NO2. The van der Waals surface area contributed by atoms with Gasteiger partial charge in [-0.1, -0.05) is 42.0 Å². The number of carboxylic acid groups (broad SMARTS) is 1. The first-order chi connectivity index (χ1) is 10.1. The summed E-state index contributed by atoms with van der Waals surface area (Å²) in [6.07, 6.45) is 0. The summed E-state index contributed by atoms with van der Waals surface area (Å²) >= 11 is 0. The van der Waals surface area contributed by atoms with Crippen molar-refractivity contribution >= 4 is 16.9 Å². The maximum absolute atomic E-state index is 11.7. The lowest BCUT2D eigenvalue weighted by Gasteiger charge is -2.09. The van der Waals surface area contributed by atoms with Crippen LogP contribution in [-0.4, -0.2) is 15.6 Å².